The minimum atomic E-state index is -0.520. The number of amides is 2. The van der Waals surface area contributed by atoms with E-state index in [1.807, 2.05) is 19.1 Å². The van der Waals surface area contributed by atoms with Gasteiger partial charge in [0.05, 0.1) is 0 Å². The highest BCUT2D eigenvalue weighted by molar-refractivity contribution is 6.18. The molecule has 0 aromatic heterocycles. The quantitative estimate of drug-likeness (QED) is 0.572. The van der Waals surface area contributed by atoms with Crippen LogP contribution in [0.5, 0.6) is 0 Å². The zero-order valence-electron chi connectivity index (χ0n) is 17.4. The Morgan fingerprint density at radius 2 is 1.97 bits per heavy atom. The van der Waals surface area contributed by atoms with Gasteiger partial charge in [0.1, 0.15) is 11.6 Å². The van der Waals surface area contributed by atoms with Gasteiger partial charge in [-0.15, -0.1) is 0 Å². The van der Waals surface area contributed by atoms with Crippen molar-refractivity contribution >= 4 is 17.5 Å². The van der Waals surface area contributed by atoms with Gasteiger partial charge in [-0.2, -0.15) is 5.26 Å². The summed E-state index contributed by atoms with van der Waals surface area (Å²) in [5.41, 5.74) is 5.98. The van der Waals surface area contributed by atoms with E-state index in [-0.39, 0.29) is 16.9 Å². The first kappa shape index (κ1) is 19.2. The fraction of sp³-hybridized carbons (Fsp3) is 0.375. The van der Waals surface area contributed by atoms with Crippen LogP contribution in [0, 0.1) is 11.3 Å². The summed E-state index contributed by atoms with van der Waals surface area (Å²) in [4.78, 5) is 28.5. The average molecular weight is 387 g/mol. The van der Waals surface area contributed by atoms with E-state index in [9.17, 15) is 14.9 Å². The molecule has 5 heteroatoms. The van der Waals surface area contributed by atoms with Crippen molar-refractivity contribution in [2.24, 2.45) is 0 Å². The molecular formula is C24H25N3O2. The Morgan fingerprint density at radius 3 is 2.66 bits per heavy atom. The van der Waals surface area contributed by atoms with Crippen LogP contribution in [0.1, 0.15) is 44.7 Å². The van der Waals surface area contributed by atoms with Gasteiger partial charge in [0.2, 0.25) is 0 Å². The Hall–Kier alpha value is -3.13. The van der Waals surface area contributed by atoms with Gasteiger partial charge in [-0.25, -0.2) is 0 Å². The van der Waals surface area contributed by atoms with Crippen LogP contribution in [0.25, 0.3) is 0 Å². The fourth-order valence-electron chi connectivity index (χ4n) is 4.82. The summed E-state index contributed by atoms with van der Waals surface area (Å²) in [5.74, 6) is -0.872. The lowest BCUT2D eigenvalue weighted by molar-refractivity contribution is -0.138. The third kappa shape index (κ3) is 2.66. The number of nitriles is 1. The molecule has 148 valence electrons. The number of carbonyl (C=O) groups excluding carboxylic acids is 2. The molecule has 29 heavy (non-hydrogen) atoms. The smallest absolute Gasteiger partial charge is 0.271 e. The molecule has 1 aromatic rings. The van der Waals surface area contributed by atoms with Crippen LogP contribution < -0.4 is 4.90 Å². The fourth-order valence-corrected chi connectivity index (χ4v) is 4.82. The van der Waals surface area contributed by atoms with Gasteiger partial charge in [0.15, 0.2) is 0 Å². The summed E-state index contributed by atoms with van der Waals surface area (Å²) >= 11 is 0. The second-order valence-electron chi connectivity index (χ2n) is 8.31. The molecule has 1 aromatic carbocycles. The van der Waals surface area contributed by atoms with E-state index in [2.05, 4.69) is 36.9 Å². The Morgan fingerprint density at radius 1 is 1.21 bits per heavy atom. The number of para-hydroxylation sites is 1. The minimum absolute atomic E-state index is 0.0634. The number of benzene rings is 1. The van der Waals surface area contributed by atoms with Crippen LogP contribution in [0.15, 0.2) is 52.8 Å². The van der Waals surface area contributed by atoms with E-state index in [0.717, 1.165) is 30.0 Å². The number of allylic oxidation sites excluding steroid dienone is 3. The zero-order valence-corrected chi connectivity index (χ0v) is 17.4. The number of aryl methyl sites for hydroxylation is 1. The molecule has 0 aliphatic carbocycles. The van der Waals surface area contributed by atoms with Crippen molar-refractivity contribution in [1.29, 1.82) is 5.26 Å². The summed E-state index contributed by atoms with van der Waals surface area (Å²) in [7, 11) is 1.43. The van der Waals surface area contributed by atoms with Crippen LogP contribution in [-0.4, -0.2) is 30.3 Å². The first-order chi connectivity index (χ1) is 13.8. The van der Waals surface area contributed by atoms with Crippen molar-refractivity contribution in [3.8, 4) is 6.07 Å². The second-order valence-corrected chi connectivity index (χ2v) is 8.31. The van der Waals surface area contributed by atoms with Crippen molar-refractivity contribution in [2.75, 3.05) is 18.5 Å². The molecule has 0 bridgehead atoms. The first-order valence-corrected chi connectivity index (χ1v) is 10.1. The molecule has 3 aliphatic rings. The van der Waals surface area contributed by atoms with Crippen LogP contribution in [0.2, 0.25) is 0 Å². The lowest BCUT2D eigenvalue weighted by Gasteiger charge is -2.30. The van der Waals surface area contributed by atoms with E-state index < -0.39 is 5.91 Å². The zero-order chi connectivity index (χ0) is 20.9. The normalized spacial score (nSPS) is 23.1. The van der Waals surface area contributed by atoms with Gasteiger partial charge in [0, 0.05) is 36.0 Å². The largest absolute Gasteiger partial charge is 0.344 e. The number of anilines is 1. The third-order valence-corrected chi connectivity index (χ3v) is 6.38. The van der Waals surface area contributed by atoms with Crippen LogP contribution >= 0.6 is 0 Å². The molecule has 5 nitrogen and oxygen atoms in total. The van der Waals surface area contributed by atoms with Gasteiger partial charge >= 0.3 is 0 Å². The molecule has 2 amide bonds. The van der Waals surface area contributed by atoms with Gasteiger partial charge in [-0.05, 0) is 48.1 Å². The molecular weight excluding hydrogens is 362 g/mol. The molecule has 0 atom stereocenters. The second kappa shape index (κ2) is 6.73. The SMILES string of the molecule is CCC1=C(C#N)C(=O)N(C)C(=O)/C1=C\C=C1\N2CCCc3cccc(c32)C1(C)C. The van der Waals surface area contributed by atoms with Gasteiger partial charge < -0.3 is 4.90 Å². The number of rotatable bonds is 2. The number of hydrogen-bond donors (Lipinski definition) is 0. The molecule has 0 unspecified atom stereocenters. The monoisotopic (exact) mass is 387 g/mol. The molecule has 0 saturated heterocycles. The van der Waals surface area contributed by atoms with E-state index >= 15 is 0 Å². The predicted octanol–water partition coefficient (Wildman–Crippen LogP) is 3.77. The summed E-state index contributed by atoms with van der Waals surface area (Å²) in [6, 6.07) is 8.51. The van der Waals surface area contributed by atoms with Gasteiger partial charge in [-0.3, -0.25) is 14.5 Å². The Balaban J connectivity index is 1.87. The Labute approximate surface area is 171 Å². The topological polar surface area (TPSA) is 64.4 Å². The van der Waals surface area contributed by atoms with Crippen molar-refractivity contribution in [2.45, 2.75) is 45.4 Å². The summed E-state index contributed by atoms with van der Waals surface area (Å²) in [6.07, 6.45) is 6.45. The molecule has 0 N–H and O–H groups in total. The van der Waals surface area contributed by atoms with Crippen LogP contribution in [0.4, 0.5) is 5.69 Å². The maximum absolute atomic E-state index is 12.8. The number of hydrogen-bond acceptors (Lipinski definition) is 4. The van der Waals surface area contributed by atoms with Gasteiger partial charge in [-0.1, -0.05) is 39.0 Å². The molecule has 0 saturated carbocycles. The van der Waals surface area contributed by atoms with Crippen molar-refractivity contribution < 1.29 is 9.59 Å². The number of likely N-dealkylation sites (N-methyl/N-ethyl adjacent to an activating group) is 1. The molecule has 3 aliphatic heterocycles. The van der Waals surface area contributed by atoms with E-state index in [0.29, 0.717) is 17.6 Å². The van der Waals surface area contributed by atoms with Crippen molar-refractivity contribution in [3.05, 3.63) is 63.9 Å². The van der Waals surface area contributed by atoms with Crippen molar-refractivity contribution in [1.82, 2.24) is 4.90 Å². The number of nitrogens with zero attached hydrogens (tertiary/aromatic N) is 3. The summed E-state index contributed by atoms with van der Waals surface area (Å²) in [5, 5.41) is 9.47. The lowest BCUT2D eigenvalue weighted by Crippen LogP contribution is -2.40. The molecule has 0 fully saturated rings. The molecule has 0 spiro atoms. The highest BCUT2D eigenvalue weighted by atomic mass is 16.2. The average Bonchev–Trinajstić information content (AvgIpc) is 2.94. The van der Waals surface area contributed by atoms with E-state index in [1.54, 1.807) is 6.08 Å². The molecule has 0 radical (unpaired) electrons. The number of carbonyl (C=O) groups is 2. The molecule has 4 rings (SSSR count). The minimum Gasteiger partial charge on any atom is -0.344 e. The van der Waals surface area contributed by atoms with Crippen LogP contribution in [0.3, 0.4) is 0 Å². The lowest BCUT2D eigenvalue weighted by atomic mass is 9.82. The maximum Gasteiger partial charge on any atom is 0.271 e. The highest BCUT2D eigenvalue weighted by Gasteiger charge is 2.42. The van der Waals surface area contributed by atoms with Crippen molar-refractivity contribution in [3.63, 3.8) is 0 Å². The predicted molar refractivity (Wildman–Crippen MR) is 112 cm³/mol. The Kier molecular flexibility index (Phi) is 4.46. The van der Waals surface area contributed by atoms with Crippen LogP contribution in [-0.2, 0) is 21.4 Å². The van der Waals surface area contributed by atoms with E-state index in [1.165, 1.54) is 23.9 Å². The standard InChI is InChI=1S/C24H25N3O2/c1-5-16-17(22(28)26(4)23(29)18(16)14-25)11-12-20-24(2,3)19-10-6-8-15-9-7-13-27(20)21(15)19/h6,8,10-12H,5,7,9,13H2,1-4H3/b17-11-,20-12+. The summed E-state index contributed by atoms with van der Waals surface area (Å²) < 4.78 is 0. The van der Waals surface area contributed by atoms with E-state index in [4.69, 9.17) is 0 Å². The number of imide groups is 1. The van der Waals surface area contributed by atoms with Gasteiger partial charge in [0.25, 0.3) is 11.8 Å². The Bertz CT molecular complexity index is 1070. The third-order valence-electron chi connectivity index (χ3n) is 6.38. The first-order valence-electron chi connectivity index (χ1n) is 10.1. The maximum atomic E-state index is 12.8. The summed E-state index contributed by atoms with van der Waals surface area (Å²) in [6.45, 7) is 7.24. The molecule has 3 heterocycles. The highest BCUT2D eigenvalue weighted by Crippen LogP contribution is 2.51.